The van der Waals surface area contributed by atoms with Crippen LogP contribution in [0.5, 0.6) is 5.75 Å². The molecule has 3 rings (SSSR count). The van der Waals surface area contributed by atoms with E-state index in [0.717, 1.165) is 37.6 Å². The summed E-state index contributed by atoms with van der Waals surface area (Å²) < 4.78 is 5.43. The zero-order valence-corrected chi connectivity index (χ0v) is 19.6. The first kappa shape index (κ1) is 23.5. The number of carbonyl (C=O) groups excluding carboxylic acids is 2. The SMILES string of the molecule is CCOc1cccc(C(=O)NC(=S)Nc2ccc(N3CCN(C(=O)C(C)C)CC3)cc2)c1. The van der Waals surface area contributed by atoms with Crippen molar-refractivity contribution in [1.82, 2.24) is 10.2 Å². The third-order valence-corrected chi connectivity index (χ3v) is 5.41. The molecule has 2 aromatic carbocycles. The van der Waals surface area contributed by atoms with Gasteiger partial charge in [0.1, 0.15) is 5.75 Å². The smallest absolute Gasteiger partial charge is 0.257 e. The van der Waals surface area contributed by atoms with Gasteiger partial charge < -0.3 is 19.9 Å². The molecule has 2 N–H and O–H groups in total. The van der Waals surface area contributed by atoms with Crippen molar-refractivity contribution in [2.24, 2.45) is 5.92 Å². The molecule has 1 heterocycles. The summed E-state index contributed by atoms with van der Waals surface area (Å²) in [5.41, 5.74) is 2.36. The van der Waals surface area contributed by atoms with Crippen molar-refractivity contribution in [2.75, 3.05) is 43.0 Å². The first-order valence-electron chi connectivity index (χ1n) is 10.9. The molecule has 7 nitrogen and oxygen atoms in total. The highest BCUT2D eigenvalue weighted by atomic mass is 32.1. The monoisotopic (exact) mass is 454 g/mol. The second-order valence-electron chi connectivity index (χ2n) is 7.88. The van der Waals surface area contributed by atoms with Gasteiger partial charge in [-0.15, -0.1) is 0 Å². The minimum absolute atomic E-state index is 0.0323. The fourth-order valence-electron chi connectivity index (χ4n) is 3.54. The average Bonchev–Trinajstić information content (AvgIpc) is 2.79. The summed E-state index contributed by atoms with van der Waals surface area (Å²) in [4.78, 5) is 28.8. The first-order valence-corrected chi connectivity index (χ1v) is 11.3. The summed E-state index contributed by atoms with van der Waals surface area (Å²) >= 11 is 5.29. The van der Waals surface area contributed by atoms with Gasteiger partial charge in [-0.2, -0.15) is 0 Å². The number of nitrogens with one attached hydrogen (secondary N) is 2. The minimum Gasteiger partial charge on any atom is -0.494 e. The van der Waals surface area contributed by atoms with Crippen LogP contribution in [0.3, 0.4) is 0 Å². The highest BCUT2D eigenvalue weighted by molar-refractivity contribution is 7.80. The molecule has 0 saturated carbocycles. The van der Waals surface area contributed by atoms with Crippen molar-refractivity contribution in [3.05, 3.63) is 54.1 Å². The Kier molecular flexibility index (Phi) is 8.05. The van der Waals surface area contributed by atoms with E-state index in [1.165, 1.54) is 0 Å². The summed E-state index contributed by atoms with van der Waals surface area (Å²) in [7, 11) is 0. The van der Waals surface area contributed by atoms with E-state index in [2.05, 4.69) is 15.5 Å². The minimum atomic E-state index is -0.297. The molecular weight excluding hydrogens is 424 g/mol. The molecule has 2 amide bonds. The van der Waals surface area contributed by atoms with Crippen LogP contribution in [0.1, 0.15) is 31.1 Å². The molecular formula is C24H30N4O3S. The number of piperazine rings is 1. The van der Waals surface area contributed by atoms with Gasteiger partial charge in [0.05, 0.1) is 6.61 Å². The molecule has 1 aliphatic rings. The number of nitrogens with zero attached hydrogens (tertiary/aromatic N) is 2. The Balaban J connectivity index is 1.51. The average molecular weight is 455 g/mol. The summed E-state index contributed by atoms with van der Waals surface area (Å²) in [6.45, 7) is 9.38. The fraction of sp³-hybridized carbons (Fsp3) is 0.375. The van der Waals surface area contributed by atoms with Crippen LogP contribution in [0.15, 0.2) is 48.5 Å². The number of benzene rings is 2. The lowest BCUT2D eigenvalue weighted by Gasteiger charge is -2.37. The van der Waals surface area contributed by atoms with Gasteiger partial charge in [0, 0.05) is 49.0 Å². The summed E-state index contributed by atoms with van der Waals surface area (Å²) in [6, 6.07) is 14.9. The topological polar surface area (TPSA) is 73.9 Å². The van der Waals surface area contributed by atoms with Crippen LogP contribution in [0.2, 0.25) is 0 Å². The van der Waals surface area contributed by atoms with Crippen LogP contribution in [0.4, 0.5) is 11.4 Å². The number of ether oxygens (including phenoxy) is 1. The fourth-order valence-corrected chi connectivity index (χ4v) is 3.75. The molecule has 0 atom stereocenters. The Hall–Kier alpha value is -3.13. The molecule has 0 spiro atoms. The highest BCUT2D eigenvalue weighted by Crippen LogP contribution is 2.20. The van der Waals surface area contributed by atoms with Crippen LogP contribution >= 0.6 is 12.2 Å². The second-order valence-corrected chi connectivity index (χ2v) is 8.29. The highest BCUT2D eigenvalue weighted by Gasteiger charge is 2.22. The van der Waals surface area contributed by atoms with Crippen LogP contribution in [-0.2, 0) is 4.79 Å². The second kappa shape index (κ2) is 10.9. The van der Waals surface area contributed by atoms with Crippen LogP contribution in [0.25, 0.3) is 0 Å². The Morgan fingerprint density at radius 1 is 1.06 bits per heavy atom. The van der Waals surface area contributed by atoms with Crippen molar-refractivity contribution in [3.63, 3.8) is 0 Å². The van der Waals surface area contributed by atoms with Gasteiger partial charge in [0.2, 0.25) is 5.91 Å². The predicted molar refractivity (Wildman–Crippen MR) is 131 cm³/mol. The Labute approximate surface area is 194 Å². The van der Waals surface area contributed by atoms with Crippen molar-refractivity contribution < 1.29 is 14.3 Å². The molecule has 32 heavy (non-hydrogen) atoms. The Bertz CT molecular complexity index is 954. The molecule has 1 fully saturated rings. The summed E-state index contributed by atoms with van der Waals surface area (Å²) in [5.74, 6) is 0.590. The van der Waals surface area contributed by atoms with Crippen molar-refractivity contribution in [3.8, 4) is 5.75 Å². The molecule has 0 aromatic heterocycles. The summed E-state index contributed by atoms with van der Waals surface area (Å²) in [6.07, 6.45) is 0. The van der Waals surface area contributed by atoms with Crippen LogP contribution < -0.4 is 20.3 Å². The van der Waals surface area contributed by atoms with E-state index in [-0.39, 0.29) is 22.8 Å². The standard InChI is InChI=1S/C24H30N4O3S/c1-4-31-21-7-5-6-18(16-21)22(29)26-24(32)25-19-8-10-20(11-9-19)27-12-14-28(15-13-27)23(30)17(2)3/h5-11,16-17H,4,12-15H2,1-3H3,(H2,25,26,29,32). The van der Waals surface area contributed by atoms with E-state index >= 15 is 0 Å². The van der Waals surface area contributed by atoms with E-state index in [1.807, 2.05) is 49.9 Å². The molecule has 170 valence electrons. The van der Waals surface area contributed by atoms with Gasteiger partial charge in [0.15, 0.2) is 5.11 Å². The van der Waals surface area contributed by atoms with Gasteiger partial charge >= 0.3 is 0 Å². The predicted octanol–water partition coefficient (Wildman–Crippen LogP) is 3.52. The van der Waals surface area contributed by atoms with Crippen molar-refractivity contribution >= 4 is 40.5 Å². The molecule has 2 aromatic rings. The lowest BCUT2D eigenvalue weighted by Crippen LogP contribution is -2.49. The van der Waals surface area contributed by atoms with Crippen molar-refractivity contribution in [2.45, 2.75) is 20.8 Å². The zero-order chi connectivity index (χ0) is 23.1. The number of anilines is 2. The van der Waals surface area contributed by atoms with Gasteiger partial charge in [-0.25, -0.2) is 0 Å². The molecule has 0 radical (unpaired) electrons. The third-order valence-electron chi connectivity index (χ3n) is 5.21. The van der Waals surface area contributed by atoms with Crippen LogP contribution in [-0.4, -0.2) is 54.6 Å². The zero-order valence-electron chi connectivity index (χ0n) is 18.8. The van der Waals surface area contributed by atoms with E-state index in [9.17, 15) is 9.59 Å². The molecule has 8 heteroatoms. The normalized spacial score (nSPS) is 13.6. The quantitative estimate of drug-likeness (QED) is 0.651. The molecule has 0 bridgehead atoms. The van der Waals surface area contributed by atoms with Gasteiger partial charge in [-0.1, -0.05) is 19.9 Å². The molecule has 0 aliphatic carbocycles. The Morgan fingerprint density at radius 3 is 2.38 bits per heavy atom. The largest absolute Gasteiger partial charge is 0.494 e. The van der Waals surface area contributed by atoms with Crippen LogP contribution in [0, 0.1) is 5.92 Å². The van der Waals surface area contributed by atoms with Gasteiger partial charge in [-0.05, 0) is 61.6 Å². The third kappa shape index (κ3) is 6.20. The number of thiocarbonyl (C=S) groups is 1. The first-order chi connectivity index (χ1) is 15.4. The van der Waals surface area contributed by atoms with E-state index in [0.29, 0.717) is 17.9 Å². The maximum atomic E-state index is 12.5. The lowest BCUT2D eigenvalue weighted by molar-refractivity contribution is -0.134. The maximum Gasteiger partial charge on any atom is 0.257 e. The van der Waals surface area contributed by atoms with E-state index in [4.69, 9.17) is 17.0 Å². The van der Waals surface area contributed by atoms with E-state index in [1.54, 1.807) is 24.3 Å². The molecule has 1 saturated heterocycles. The van der Waals surface area contributed by atoms with E-state index < -0.39 is 0 Å². The van der Waals surface area contributed by atoms with Crippen molar-refractivity contribution in [1.29, 1.82) is 0 Å². The lowest BCUT2D eigenvalue weighted by atomic mass is 10.1. The number of carbonyl (C=O) groups is 2. The molecule has 0 unspecified atom stereocenters. The number of hydrogen-bond donors (Lipinski definition) is 2. The maximum absolute atomic E-state index is 12.5. The number of amides is 2. The summed E-state index contributed by atoms with van der Waals surface area (Å²) in [5, 5.41) is 5.97. The number of hydrogen-bond acceptors (Lipinski definition) is 5. The van der Waals surface area contributed by atoms with Gasteiger partial charge in [0.25, 0.3) is 5.91 Å². The molecule has 1 aliphatic heterocycles. The van der Waals surface area contributed by atoms with Gasteiger partial charge in [-0.3, -0.25) is 14.9 Å². The Morgan fingerprint density at radius 2 is 1.75 bits per heavy atom. The number of rotatable bonds is 6.